The SMILES string of the molecule is CC[C@@H](NC(=O)OC)c1nc(-c2ccc(C[C@@H](CCO)NC(=O)c3ccc(OC(C)C)c(Cl)c3)cc2)cn1C. The molecule has 0 bridgehead atoms. The largest absolute Gasteiger partial charge is 0.489 e. The number of rotatable bonds is 12. The van der Waals surface area contributed by atoms with E-state index in [0.29, 0.717) is 35.6 Å². The maximum atomic E-state index is 12.9. The highest BCUT2D eigenvalue weighted by molar-refractivity contribution is 6.32. The summed E-state index contributed by atoms with van der Waals surface area (Å²) in [5, 5.41) is 15.8. The third-order valence-electron chi connectivity index (χ3n) is 6.21. The number of aryl methyl sites for hydroxylation is 1. The summed E-state index contributed by atoms with van der Waals surface area (Å²) >= 11 is 6.30. The Kier molecular flexibility index (Phi) is 10.8. The molecule has 1 heterocycles. The highest BCUT2D eigenvalue weighted by Crippen LogP contribution is 2.27. The minimum Gasteiger partial charge on any atom is -0.489 e. The van der Waals surface area contributed by atoms with Crippen LogP contribution in [0, 0.1) is 0 Å². The standard InChI is InChI=1S/C29H37ClN4O5/c1-6-24(33-29(37)38-5)27-32-25(17-34(27)4)20-9-7-19(8-10-20)15-22(13-14-35)31-28(36)21-11-12-26(23(30)16-21)39-18(2)3/h7-12,16-18,22,24,35H,6,13-15H2,1-5H3,(H,31,36)(H,33,37)/t22-,24-/m1/s1. The van der Waals surface area contributed by atoms with E-state index in [9.17, 15) is 14.7 Å². The minimum absolute atomic E-state index is 0.0287. The average molecular weight is 557 g/mol. The topological polar surface area (TPSA) is 115 Å². The van der Waals surface area contributed by atoms with Crippen molar-refractivity contribution in [3.63, 3.8) is 0 Å². The molecular formula is C29H37ClN4O5. The molecule has 2 aromatic carbocycles. The number of carbonyl (C=O) groups is 2. The van der Waals surface area contributed by atoms with Crippen molar-refractivity contribution in [2.75, 3.05) is 13.7 Å². The van der Waals surface area contributed by atoms with Gasteiger partial charge in [0.15, 0.2) is 0 Å². The van der Waals surface area contributed by atoms with E-state index in [1.807, 2.05) is 62.8 Å². The quantitative estimate of drug-likeness (QED) is 0.287. The molecule has 0 unspecified atom stereocenters. The van der Waals surface area contributed by atoms with Gasteiger partial charge in [0, 0.05) is 37.0 Å². The van der Waals surface area contributed by atoms with Gasteiger partial charge in [-0.05, 0) is 56.9 Å². The van der Waals surface area contributed by atoms with Crippen LogP contribution in [0.25, 0.3) is 11.3 Å². The van der Waals surface area contributed by atoms with Crippen molar-refractivity contribution in [2.45, 2.75) is 58.2 Å². The molecule has 0 saturated carbocycles. The van der Waals surface area contributed by atoms with Crippen LogP contribution in [0.1, 0.15) is 61.4 Å². The lowest BCUT2D eigenvalue weighted by Gasteiger charge is -2.19. The van der Waals surface area contributed by atoms with E-state index in [-0.39, 0.29) is 30.7 Å². The van der Waals surface area contributed by atoms with Gasteiger partial charge in [-0.3, -0.25) is 4.79 Å². The zero-order valence-corrected chi connectivity index (χ0v) is 23.8. The van der Waals surface area contributed by atoms with E-state index < -0.39 is 6.09 Å². The molecule has 3 N–H and O–H groups in total. The lowest BCUT2D eigenvalue weighted by molar-refractivity contribution is 0.0930. The maximum absolute atomic E-state index is 12.9. The monoisotopic (exact) mass is 556 g/mol. The first-order valence-corrected chi connectivity index (χ1v) is 13.4. The second kappa shape index (κ2) is 14.0. The first kappa shape index (κ1) is 30.0. The van der Waals surface area contributed by atoms with Crippen molar-refractivity contribution in [2.24, 2.45) is 7.05 Å². The second-order valence-electron chi connectivity index (χ2n) is 9.59. The summed E-state index contributed by atoms with van der Waals surface area (Å²) in [6.07, 6.45) is 3.01. The summed E-state index contributed by atoms with van der Waals surface area (Å²) < 4.78 is 12.3. The van der Waals surface area contributed by atoms with Gasteiger partial charge in [0.05, 0.1) is 30.0 Å². The number of halogens is 1. The molecule has 39 heavy (non-hydrogen) atoms. The molecule has 0 aliphatic heterocycles. The number of aliphatic hydroxyl groups excluding tert-OH is 1. The molecule has 3 rings (SSSR count). The van der Waals surface area contributed by atoms with Gasteiger partial charge in [-0.2, -0.15) is 0 Å². The summed E-state index contributed by atoms with van der Waals surface area (Å²) in [6, 6.07) is 12.3. The predicted molar refractivity (Wildman–Crippen MR) is 151 cm³/mol. The smallest absolute Gasteiger partial charge is 0.407 e. The number of aliphatic hydroxyl groups is 1. The van der Waals surface area contributed by atoms with E-state index in [4.69, 9.17) is 26.1 Å². The van der Waals surface area contributed by atoms with Gasteiger partial charge in [-0.1, -0.05) is 42.8 Å². The summed E-state index contributed by atoms with van der Waals surface area (Å²) in [5.74, 6) is 0.993. The molecule has 210 valence electrons. The number of methoxy groups -OCH3 is 1. The number of nitrogens with one attached hydrogen (secondary N) is 2. The Hall–Kier alpha value is -3.56. The number of carbonyl (C=O) groups excluding carboxylic acids is 2. The van der Waals surface area contributed by atoms with Crippen molar-refractivity contribution < 1.29 is 24.2 Å². The van der Waals surface area contributed by atoms with Gasteiger partial charge in [0.1, 0.15) is 11.6 Å². The lowest BCUT2D eigenvalue weighted by Crippen LogP contribution is -2.37. The molecule has 0 saturated heterocycles. The second-order valence-corrected chi connectivity index (χ2v) is 9.99. The first-order valence-electron chi connectivity index (χ1n) is 13.0. The normalized spacial score (nSPS) is 12.6. The van der Waals surface area contributed by atoms with Crippen LogP contribution in [0.2, 0.25) is 5.02 Å². The van der Waals surface area contributed by atoms with Crippen molar-refractivity contribution >= 4 is 23.6 Å². The summed E-state index contributed by atoms with van der Waals surface area (Å²) in [5.41, 5.74) is 3.14. The zero-order valence-electron chi connectivity index (χ0n) is 23.0. The number of aromatic nitrogens is 2. The Morgan fingerprint density at radius 2 is 1.85 bits per heavy atom. The molecule has 9 nitrogen and oxygen atoms in total. The molecule has 0 spiro atoms. The molecule has 0 radical (unpaired) electrons. The fraction of sp³-hybridized carbons (Fsp3) is 0.414. The van der Waals surface area contributed by atoms with Crippen LogP contribution < -0.4 is 15.4 Å². The van der Waals surface area contributed by atoms with Crippen LogP contribution in [-0.2, 0) is 18.2 Å². The number of alkyl carbamates (subject to hydrolysis) is 1. The molecule has 2 amide bonds. The van der Waals surface area contributed by atoms with Gasteiger partial charge in [-0.25, -0.2) is 9.78 Å². The van der Waals surface area contributed by atoms with Crippen molar-refractivity contribution in [3.8, 4) is 17.0 Å². The Bertz CT molecular complexity index is 1260. The minimum atomic E-state index is -0.500. The molecule has 2 atom stereocenters. The van der Waals surface area contributed by atoms with Crippen LogP contribution in [0.4, 0.5) is 4.79 Å². The van der Waals surface area contributed by atoms with Gasteiger partial charge in [0.2, 0.25) is 0 Å². The number of imidazole rings is 1. The van der Waals surface area contributed by atoms with Crippen LogP contribution in [-0.4, -0.2) is 52.5 Å². The summed E-state index contributed by atoms with van der Waals surface area (Å²) in [6.45, 7) is 5.73. The summed E-state index contributed by atoms with van der Waals surface area (Å²) in [7, 11) is 3.22. The predicted octanol–water partition coefficient (Wildman–Crippen LogP) is 5.06. The molecule has 3 aromatic rings. The van der Waals surface area contributed by atoms with Crippen molar-refractivity contribution in [1.29, 1.82) is 0 Å². The zero-order chi connectivity index (χ0) is 28.5. The Labute approximate surface area is 234 Å². The average Bonchev–Trinajstić information content (AvgIpc) is 3.29. The number of hydrogen-bond donors (Lipinski definition) is 3. The van der Waals surface area contributed by atoms with Gasteiger partial charge < -0.3 is 29.8 Å². The van der Waals surface area contributed by atoms with Crippen molar-refractivity contribution in [1.82, 2.24) is 20.2 Å². The summed E-state index contributed by atoms with van der Waals surface area (Å²) in [4.78, 5) is 29.4. The Morgan fingerprint density at radius 3 is 2.44 bits per heavy atom. The highest BCUT2D eigenvalue weighted by Gasteiger charge is 2.20. The third-order valence-corrected chi connectivity index (χ3v) is 6.51. The fourth-order valence-electron chi connectivity index (χ4n) is 4.23. The molecule has 0 fully saturated rings. The molecular weight excluding hydrogens is 520 g/mol. The Morgan fingerprint density at radius 1 is 1.13 bits per heavy atom. The number of benzene rings is 2. The van der Waals surface area contributed by atoms with E-state index in [0.717, 1.165) is 22.6 Å². The fourth-order valence-corrected chi connectivity index (χ4v) is 4.46. The van der Waals surface area contributed by atoms with E-state index in [1.54, 1.807) is 18.2 Å². The first-order chi connectivity index (χ1) is 18.6. The third kappa shape index (κ3) is 8.21. The molecule has 0 aliphatic carbocycles. The molecule has 0 aliphatic rings. The van der Waals surface area contributed by atoms with Crippen LogP contribution in [0.3, 0.4) is 0 Å². The number of nitrogens with zero attached hydrogens (tertiary/aromatic N) is 2. The molecule has 10 heteroatoms. The Balaban J connectivity index is 1.69. The van der Waals surface area contributed by atoms with Gasteiger partial charge in [-0.15, -0.1) is 0 Å². The lowest BCUT2D eigenvalue weighted by atomic mass is 10.0. The van der Waals surface area contributed by atoms with Crippen LogP contribution >= 0.6 is 11.6 Å². The van der Waals surface area contributed by atoms with E-state index in [1.165, 1.54) is 7.11 Å². The van der Waals surface area contributed by atoms with E-state index in [2.05, 4.69) is 10.6 Å². The number of ether oxygens (including phenoxy) is 2. The van der Waals surface area contributed by atoms with Crippen molar-refractivity contribution in [3.05, 3.63) is 70.6 Å². The van der Waals surface area contributed by atoms with E-state index >= 15 is 0 Å². The van der Waals surface area contributed by atoms with Gasteiger partial charge in [0.25, 0.3) is 5.91 Å². The number of amides is 2. The van der Waals surface area contributed by atoms with Crippen LogP contribution in [0.15, 0.2) is 48.7 Å². The number of hydrogen-bond acceptors (Lipinski definition) is 6. The maximum Gasteiger partial charge on any atom is 0.407 e. The molecule has 1 aromatic heterocycles. The van der Waals surface area contributed by atoms with Gasteiger partial charge >= 0.3 is 6.09 Å². The highest BCUT2D eigenvalue weighted by atomic mass is 35.5. The van der Waals surface area contributed by atoms with Crippen LogP contribution in [0.5, 0.6) is 5.75 Å².